The Morgan fingerprint density at radius 1 is 1.27 bits per heavy atom. The summed E-state index contributed by atoms with van der Waals surface area (Å²) in [6, 6.07) is 11.6. The second-order valence-corrected chi connectivity index (χ2v) is 8.77. The number of carboxylic acid groups (broad SMARTS) is 1. The molecule has 0 aliphatic carbocycles. The van der Waals surface area contributed by atoms with Gasteiger partial charge in [-0.25, -0.2) is 0 Å². The van der Waals surface area contributed by atoms with Gasteiger partial charge in [-0.05, 0) is 36.2 Å². The Morgan fingerprint density at radius 3 is 2.50 bits per heavy atom. The van der Waals surface area contributed by atoms with Gasteiger partial charge in [0.25, 0.3) is 0 Å². The third-order valence-electron chi connectivity index (χ3n) is 4.44. The molecule has 0 aromatic heterocycles. The maximum absolute atomic E-state index is 11.5. The van der Waals surface area contributed by atoms with Gasteiger partial charge in [-0.2, -0.15) is 0 Å². The largest absolute Gasteiger partial charge is 0.548 e. The highest BCUT2D eigenvalue weighted by atomic mass is 35.5. The molecule has 2 atom stereocenters. The van der Waals surface area contributed by atoms with Gasteiger partial charge in [-0.15, -0.1) is 24.2 Å². The molecule has 1 aliphatic heterocycles. The van der Waals surface area contributed by atoms with Crippen molar-refractivity contribution in [2.45, 2.75) is 25.1 Å². The average molecular weight is 507 g/mol. The molecule has 1 fully saturated rings. The summed E-state index contributed by atoms with van der Waals surface area (Å²) in [7, 11) is 0. The number of hydrogen-bond acceptors (Lipinski definition) is 6. The monoisotopic (exact) mass is 505 g/mol. The summed E-state index contributed by atoms with van der Waals surface area (Å²) in [5, 5.41) is 18.8. The fourth-order valence-electron chi connectivity index (χ4n) is 2.81. The summed E-state index contributed by atoms with van der Waals surface area (Å²) in [6.07, 6.45) is 0.249. The Kier molecular flexibility index (Phi) is 10.0. The molecule has 0 amide bonds. The van der Waals surface area contributed by atoms with Gasteiger partial charge in [0.05, 0.1) is 23.0 Å². The molecule has 1 heterocycles. The first-order valence-corrected chi connectivity index (χ1v) is 11.2. The van der Waals surface area contributed by atoms with Crippen LogP contribution < -0.4 is 20.5 Å². The summed E-state index contributed by atoms with van der Waals surface area (Å²) in [5.41, 5.74) is 1.54. The fraction of sp³-hybridized carbons (Fsp3) is 0.300. The van der Waals surface area contributed by atoms with Crippen LogP contribution in [0.2, 0.25) is 10.0 Å². The molecule has 0 unspecified atom stereocenters. The summed E-state index contributed by atoms with van der Waals surface area (Å²) in [4.78, 5) is 12.0. The van der Waals surface area contributed by atoms with E-state index in [1.54, 1.807) is 42.1 Å². The predicted octanol–water partition coefficient (Wildman–Crippen LogP) is 3.23. The number of hydrogen-bond donors (Lipinski definition) is 2. The van der Waals surface area contributed by atoms with E-state index in [-0.39, 0.29) is 31.5 Å². The van der Waals surface area contributed by atoms with Crippen LogP contribution in [-0.4, -0.2) is 34.7 Å². The minimum atomic E-state index is -1.19. The summed E-state index contributed by atoms with van der Waals surface area (Å²) in [5.74, 6) is 1.08. The maximum Gasteiger partial charge on any atom is 0.119 e. The van der Waals surface area contributed by atoms with Crippen LogP contribution in [0.1, 0.15) is 11.1 Å². The van der Waals surface area contributed by atoms with Gasteiger partial charge in [-0.3, -0.25) is 5.32 Å². The van der Waals surface area contributed by atoms with Crippen molar-refractivity contribution in [3.63, 3.8) is 0 Å². The molecule has 0 radical (unpaired) electrons. The van der Waals surface area contributed by atoms with Crippen molar-refractivity contribution in [3.05, 3.63) is 63.6 Å². The molecular formula is C20H20Cl3N2O3S2-. The topological polar surface area (TPSA) is 73.4 Å². The summed E-state index contributed by atoms with van der Waals surface area (Å²) in [6.45, 7) is 0.238. The van der Waals surface area contributed by atoms with Gasteiger partial charge in [0.2, 0.25) is 0 Å². The lowest BCUT2D eigenvalue weighted by atomic mass is 10.1. The molecule has 5 nitrogen and oxygen atoms in total. The van der Waals surface area contributed by atoms with Crippen molar-refractivity contribution >= 4 is 70.5 Å². The van der Waals surface area contributed by atoms with Crippen molar-refractivity contribution in [1.82, 2.24) is 10.6 Å². The van der Waals surface area contributed by atoms with Crippen molar-refractivity contribution in [1.29, 1.82) is 0 Å². The van der Waals surface area contributed by atoms with E-state index in [2.05, 4.69) is 10.6 Å². The summed E-state index contributed by atoms with van der Waals surface area (Å²) < 4.78 is 5.75. The first-order valence-electron chi connectivity index (χ1n) is 8.91. The Morgan fingerprint density at radius 2 is 1.93 bits per heavy atom. The first kappa shape index (κ1) is 25.0. The van der Waals surface area contributed by atoms with E-state index in [0.717, 1.165) is 17.2 Å². The number of carbonyl (C=O) groups is 1. The fourth-order valence-corrected chi connectivity index (χ4v) is 4.69. The number of benzene rings is 2. The molecule has 0 spiro atoms. The highest BCUT2D eigenvalue weighted by Crippen LogP contribution is 2.26. The van der Waals surface area contributed by atoms with Gasteiger partial charge in [0.1, 0.15) is 12.4 Å². The zero-order chi connectivity index (χ0) is 20.8. The van der Waals surface area contributed by atoms with Crippen molar-refractivity contribution in [2.75, 3.05) is 11.6 Å². The van der Waals surface area contributed by atoms with Crippen LogP contribution in [0.4, 0.5) is 0 Å². The number of rotatable bonds is 8. The normalized spacial score (nSPS) is 16.4. The van der Waals surface area contributed by atoms with E-state index >= 15 is 0 Å². The number of ether oxygens (including phenoxy) is 1. The molecule has 1 saturated heterocycles. The average Bonchev–Trinajstić information content (AvgIpc) is 3.23. The van der Waals surface area contributed by atoms with Gasteiger partial charge in [0.15, 0.2) is 0 Å². The minimum absolute atomic E-state index is 0. The van der Waals surface area contributed by atoms with Gasteiger partial charge in [-0.1, -0.05) is 53.6 Å². The van der Waals surface area contributed by atoms with Crippen LogP contribution in [0.3, 0.4) is 0 Å². The number of halogens is 3. The number of thioether (sulfide) groups is 1. The van der Waals surface area contributed by atoms with E-state index in [0.29, 0.717) is 26.3 Å². The van der Waals surface area contributed by atoms with Crippen molar-refractivity contribution in [3.8, 4) is 5.75 Å². The lowest BCUT2D eigenvalue weighted by Gasteiger charge is -2.24. The third kappa shape index (κ3) is 6.90. The zero-order valence-corrected chi connectivity index (χ0v) is 19.7. The third-order valence-corrected chi connectivity index (χ3v) is 6.49. The second kappa shape index (κ2) is 12.0. The molecule has 10 heteroatoms. The van der Waals surface area contributed by atoms with E-state index in [1.165, 1.54) is 0 Å². The molecule has 0 bridgehead atoms. The molecule has 2 aromatic carbocycles. The standard InChI is InChI=1S/C20H20Cl2N2O3S2.ClH/c21-15-2-1-3-16(22)14(15)9-27-13-6-4-12(5-7-13)8-17(20(25)26)24-19(28)18-10-29-11-23-18;/h1-7,17-18,23H,8-11H2,(H,24,28)(H,25,26);1H/p-1/t17-,18+;/m1./s1. The number of nitrogens with one attached hydrogen (secondary N) is 2. The lowest BCUT2D eigenvalue weighted by molar-refractivity contribution is -0.308. The van der Waals surface area contributed by atoms with Crippen LogP contribution in [0.5, 0.6) is 5.75 Å². The molecule has 30 heavy (non-hydrogen) atoms. The lowest BCUT2D eigenvalue weighted by Crippen LogP contribution is -2.53. The highest BCUT2D eigenvalue weighted by Gasteiger charge is 2.22. The van der Waals surface area contributed by atoms with Crippen molar-refractivity contribution in [2.24, 2.45) is 0 Å². The second-order valence-electron chi connectivity index (χ2n) is 6.49. The quantitative estimate of drug-likeness (QED) is 0.533. The van der Waals surface area contributed by atoms with E-state index in [1.807, 2.05) is 12.1 Å². The van der Waals surface area contributed by atoms with E-state index in [9.17, 15) is 9.90 Å². The number of carboxylic acids is 1. The van der Waals surface area contributed by atoms with Crippen LogP contribution in [0, 0.1) is 0 Å². The van der Waals surface area contributed by atoms with Crippen LogP contribution >= 0.6 is 59.6 Å². The van der Waals surface area contributed by atoms with Crippen LogP contribution in [-0.2, 0) is 17.8 Å². The minimum Gasteiger partial charge on any atom is -0.548 e. The smallest absolute Gasteiger partial charge is 0.119 e. The Hall–Kier alpha value is -1.22. The van der Waals surface area contributed by atoms with E-state index in [4.69, 9.17) is 40.2 Å². The van der Waals surface area contributed by atoms with Gasteiger partial charge >= 0.3 is 0 Å². The first-order chi connectivity index (χ1) is 13.9. The van der Waals surface area contributed by atoms with Gasteiger partial charge in [0, 0.05) is 27.2 Å². The number of aliphatic carboxylic acids is 1. The number of thiocarbonyl (C=S) groups is 1. The Balaban J connectivity index is 0.00000320. The molecule has 162 valence electrons. The Labute approximate surface area is 201 Å². The molecule has 0 saturated carbocycles. The van der Waals surface area contributed by atoms with Gasteiger partial charge < -0.3 is 20.0 Å². The number of carbonyl (C=O) groups excluding carboxylic acids is 1. The van der Waals surface area contributed by atoms with E-state index < -0.39 is 12.0 Å². The molecule has 1 aliphatic rings. The molecular weight excluding hydrogens is 487 g/mol. The van der Waals surface area contributed by atoms with Crippen LogP contribution in [0.25, 0.3) is 0 Å². The van der Waals surface area contributed by atoms with Crippen LogP contribution in [0.15, 0.2) is 42.5 Å². The summed E-state index contributed by atoms with van der Waals surface area (Å²) >= 11 is 19.3. The maximum atomic E-state index is 11.5. The zero-order valence-electron chi connectivity index (χ0n) is 15.7. The Bertz CT molecular complexity index is 858. The molecule has 2 N–H and O–H groups in total. The SMILES string of the molecule is Cl.O=C([O-])[C@@H](Cc1ccc(OCc2c(Cl)cccc2Cl)cc1)NC(=S)[C@@H]1CSCN1. The molecule has 2 aromatic rings. The predicted molar refractivity (Wildman–Crippen MR) is 127 cm³/mol. The van der Waals surface area contributed by atoms with Crippen molar-refractivity contribution < 1.29 is 14.6 Å². The highest BCUT2D eigenvalue weighted by molar-refractivity contribution is 7.99. The molecule has 3 rings (SSSR count).